The summed E-state index contributed by atoms with van der Waals surface area (Å²) in [6.45, 7) is 3.13. The summed E-state index contributed by atoms with van der Waals surface area (Å²) in [5.41, 5.74) is 6.69. The quantitative estimate of drug-likeness (QED) is 0.893. The first kappa shape index (κ1) is 12.9. The number of nitrogens with zero attached hydrogens (tertiary/aromatic N) is 1. The number of ether oxygens (including phenoxy) is 1. The number of fused-ring (bicyclic) bond motifs is 1. The Morgan fingerprint density at radius 1 is 1.53 bits per heavy atom. The molecule has 1 aromatic heterocycles. The number of pyridine rings is 1. The van der Waals surface area contributed by atoms with Crippen LogP contribution in [0.2, 0.25) is 0 Å². The molecule has 0 unspecified atom stereocenters. The maximum atomic E-state index is 13.7. The highest BCUT2D eigenvalue weighted by Crippen LogP contribution is 2.47. The Labute approximate surface area is 113 Å². The van der Waals surface area contributed by atoms with Gasteiger partial charge in [0.15, 0.2) is 0 Å². The van der Waals surface area contributed by atoms with Crippen molar-refractivity contribution in [2.45, 2.75) is 63.3 Å². The molecule has 0 radical (unpaired) electrons. The average molecular weight is 264 g/mol. The second-order valence-corrected chi connectivity index (χ2v) is 6.56. The van der Waals surface area contributed by atoms with E-state index >= 15 is 0 Å². The Hall–Kier alpha value is -1.16. The number of alkyl halides is 1. The fourth-order valence-electron chi connectivity index (χ4n) is 3.07. The molecule has 1 atom stereocenters. The SMILES string of the molecule is CC(C)(F)Cc1cc2c(cn1)OC1(CCC1)C[C@@H]2N. The van der Waals surface area contributed by atoms with Gasteiger partial charge in [-0.1, -0.05) is 0 Å². The lowest BCUT2D eigenvalue weighted by atomic mass is 9.73. The van der Waals surface area contributed by atoms with Crippen LogP contribution >= 0.6 is 0 Å². The molecule has 0 bridgehead atoms. The maximum Gasteiger partial charge on any atom is 0.143 e. The third kappa shape index (κ3) is 2.46. The van der Waals surface area contributed by atoms with Gasteiger partial charge in [0.05, 0.1) is 6.20 Å². The van der Waals surface area contributed by atoms with Crippen molar-refractivity contribution in [1.29, 1.82) is 0 Å². The molecule has 2 N–H and O–H groups in total. The van der Waals surface area contributed by atoms with E-state index in [1.807, 2.05) is 6.07 Å². The van der Waals surface area contributed by atoms with Gasteiger partial charge in [0.1, 0.15) is 17.0 Å². The maximum absolute atomic E-state index is 13.7. The largest absolute Gasteiger partial charge is 0.485 e. The molecule has 104 valence electrons. The molecule has 3 rings (SSSR count). The molecule has 1 saturated carbocycles. The lowest BCUT2D eigenvalue weighted by Gasteiger charge is -2.47. The molecule has 19 heavy (non-hydrogen) atoms. The van der Waals surface area contributed by atoms with Crippen LogP contribution in [-0.4, -0.2) is 16.3 Å². The highest BCUT2D eigenvalue weighted by atomic mass is 19.1. The summed E-state index contributed by atoms with van der Waals surface area (Å²) in [5, 5.41) is 0. The predicted octanol–water partition coefficient (Wildman–Crippen LogP) is 3.08. The van der Waals surface area contributed by atoms with Crippen molar-refractivity contribution in [3.8, 4) is 5.75 Å². The molecular weight excluding hydrogens is 243 g/mol. The lowest BCUT2D eigenvalue weighted by molar-refractivity contribution is -0.0333. The average Bonchev–Trinajstić information content (AvgIpc) is 2.25. The van der Waals surface area contributed by atoms with E-state index in [1.165, 1.54) is 6.42 Å². The number of nitrogens with two attached hydrogens (primary N) is 1. The van der Waals surface area contributed by atoms with Crippen molar-refractivity contribution in [2.75, 3.05) is 0 Å². The van der Waals surface area contributed by atoms with E-state index in [2.05, 4.69) is 4.98 Å². The van der Waals surface area contributed by atoms with Gasteiger partial charge in [0.25, 0.3) is 0 Å². The fourth-order valence-corrected chi connectivity index (χ4v) is 3.07. The van der Waals surface area contributed by atoms with Gasteiger partial charge in [-0.25, -0.2) is 4.39 Å². The minimum atomic E-state index is -1.25. The molecule has 3 nitrogen and oxygen atoms in total. The van der Waals surface area contributed by atoms with Crippen molar-refractivity contribution >= 4 is 0 Å². The molecule has 2 heterocycles. The first-order valence-electron chi connectivity index (χ1n) is 6.99. The van der Waals surface area contributed by atoms with Crippen molar-refractivity contribution in [3.63, 3.8) is 0 Å². The summed E-state index contributed by atoms with van der Waals surface area (Å²) >= 11 is 0. The molecule has 1 spiro atoms. The van der Waals surface area contributed by atoms with Crippen molar-refractivity contribution in [3.05, 3.63) is 23.5 Å². The summed E-state index contributed by atoms with van der Waals surface area (Å²) in [6, 6.07) is 1.89. The third-order valence-corrected chi connectivity index (χ3v) is 4.14. The van der Waals surface area contributed by atoms with Gasteiger partial charge in [-0.15, -0.1) is 0 Å². The molecule has 1 fully saturated rings. The van der Waals surface area contributed by atoms with Crippen LogP contribution in [0.5, 0.6) is 5.75 Å². The number of hydrogen-bond donors (Lipinski definition) is 1. The van der Waals surface area contributed by atoms with Gasteiger partial charge in [0.2, 0.25) is 0 Å². The zero-order chi connectivity index (χ0) is 13.7. The monoisotopic (exact) mass is 264 g/mol. The van der Waals surface area contributed by atoms with E-state index in [4.69, 9.17) is 10.5 Å². The van der Waals surface area contributed by atoms with Gasteiger partial charge < -0.3 is 10.5 Å². The van der Waals surface area contributed by atoms with E-state index in [9.17, 15) is 4.39 Å². The number of aromatic nitrogens is 1. The van der Waals surface area contributed by atoms with Crippen molar-refractivity contribution in [2.24, 2.45) is 5.73 Å². The summed E-state index contributed by atoms with van der Waals surface area (Å²) in [4.78, 5) is 4.32. The Balaban J connectivity index is 1.87. The van der Waals surface area contributed by atoms with E-state index in [0.29, 0.717) is 6.42 Å². The van der Waals surface area contributed by atoms with Gasteiger partial charge in [0, 0.05) is 30.1 Å². The minimum Gasteiger partial charge on any atom is -0.485 e. The molecule has 0 aromatic carbocycles. The molecule has 2 aliphatic rings. The fraction of sp³-hybridized carbons (Fsp3) is 0.667. The van der Waals surface area contributed by atoms with Crippen LogP contribution in [0.1, 0.15) is 56.8 Å². The first-order chi connectivity index (χ1) is 8.87. The Morgan fingerprint density at radius 3 is 2.84 bits per heavy atom. The number of hydrogen-bond acceptors (Lipinski definition) is 3. The smallest absolute Gasteiger partial charge is 0.143 e. The van der Waals surface area contributed by atoms with Crippen molar-refractivity contribution < 1.29 is 9.13 Å². The van der Waals surface area contributed by atoms with Gasteiger partial charge >= 0.3 is 0 Å². The zero-order valence-corrected chi connectivity index (χ0v) is 11.6. The molecule has 0 amide bonds. The van der Waals surface area contributed by atoms with E-state index in [-0.39, 0.29) is 11.6 Å². The lowest BCUT2D eigenvalue weighted by Crippen LogP contribution is -2.48. The van der Waals surface area contributed by atoms with E-state index in [0.717, 1.165) is 36.3 Å². The third-order valence-electron chi connectivity index (χ3n) is 4.14. The second-order valence-electron chi connectivity index (χ2n) is 6.56. The van der Waals surface area contributed by atoms with Crippen LogP contribution in [-0.2, 0) is 6.42 Å². The second kappa shape index (κ2) is 4.17. The highest BCUT2D eigenvalue weighted by molar-refractivity contribution is 5.39. The van der Waals surface area contributed by atoms with Crippen LogP contribution in [0, 0.1) is 0 Å². The molecule has 1 aliphatic carbocycles. The Kier molecular flexibility index (Phi) is 2.82. The number of halogens is 1. The predicted molar refractivity (Wildman–Crippen MR) is 71.9 cm³/mol. The Bertz CT molecular complexity index is 491. The summed E-state index contributed by atoms with van der Waals surface area (Å²) in [6.07, 6.45) is 6.26. The van der Waals surface area contributed by atoms with Crippen LogP contribution in [0.3, 0.4) is 0 Å². The van der Waals surface area contributed by atoms with Crippen LogP contribution < -0.4 is 10.5 Å². The minimum absolute atomic E-state index is 0.0199. The standard InChI is InChI=1S/C15H21FN2O/c1-14(2,16)7-10-6-11-12(17)8-15(4-3-5-15)19-13(11)9-18-10/h6,9,12H,3-5,7-8,17H2,1-2H3/t12-/m0/s1. The van der Waals surface area contributed by atoms with Crippen LogP contribution in [0.25, 0.3) is 0 Å². The molecular formula is C15H21FN2O. The molecule has 1 aliphatic heterocycles. The van der Waals surface area contributed by atoms with E-state index in [1.54, 1.807) is 20.0 Å². The zero-order valence-electron chi connectivity index (χ0n) is 11.6. The van der Waals surface area contributed by atoms with Crippen LogP contribution in [0.4, 0.5) is 4.39 Å². The summed E-state index contributed by atoms with van der Waals surface area (Å²) in [7, 11) is 0. The van der Waals surface area contributed by atoms with Gasteiger partial charge in [-0.05, 0) is 39.2 Å². The van der Waals surface area contributed by atoms with Gasteiger partial charge in [-0.3, -0.25) is 4.98 Å². The number of rotatable bonds is 2. The topological polar surface area (TPSA) is 48.1 Å². The summed E-state index contributed by atoms with van der Waals surface area (Å²) < 4.78 is 19.8. The molecule has 0 saturated heterocycles. The van der Waals surface area contributed by atoms with Crippen LogP contribution in [0.15, 0.2) is 12.3 Å². The highest BCUT2D eigenvalue weighted by Gasteiger charge is 2.44. The molecule has 1 aromatic rings. The summed E-state index contributed by atoms with van der Waals surface area (Å²) in [5.74, 6) is 0.791. The first-order valence-corrected chi connectivity index (χ1v) is 6.99. The Morgan fingerprint density at radius 2 is 2.26 bits per heavy atom. The molecule has 4 heteroatoms. The van der Waals surface area contributed by atoms with E-state index < -0.39 is 5.67 Å². The van der Waals surface area contributed by atoms with Gasteiger partial charge in [-0.2, -0.15) is 0 Å². The normalized spacial score (nSPS) is 24.5. The van der Waals surface area contributed by atoms with Crippen molar-refractivity contribution in [1.82, 2.24) is 4.98 Å².